The normalized spacial score (nSPS) is 25.7. The smallest absolute Gasteiger partial charge is 0.381 e. The van der Waals surface area contributed by atoms with Gasteiger partial charge in [-0.25, -0.2) is 0 Å². The fourth-order valence-corrected chi connectivity index (χ4v) is 4.01. The molecule has 3 rings (SSSR count). The molecule has 24 heavy (non-hydrogen) atoms. The van der Waals surface area contributed by atoms with Gasteiger partial charge >= 0.3 is 11.8 Å². The molecule has 1 N–H and O–H groups in total. The highest BCUT2D eigenvalue weighted by atomic mass is 16.6. The Kier molecular flexibility index (Phi) is 4.02. The molecule has 9 heteroatoms. The maximum absolute atomic E-state index is 12.4. The van der Waals surface area contributed by atoms with Crippen LogP contribution < -0.4 is 0 Å². The molecule has 2 aliphatic rings. The number of rotatable bonds is 5. The van der Waals surface area contributed by atoms with Crippen LogP contribution in [0.1, 0.15) is 31.5 Å². The van der Waals surface area contributed by atoms with E-state index in [9.17, 15) is 24.8 Å². The predicted molar refractivity (Wildman–Crippen MR) is 82.2 cm³/mol. The van der Waals surface area contributed by atoms with Crippen molar-refractivity contribution in [2.24, 2.45) is 11.3 Å². The molecule has 2 atom stereocenters. The van der Waals surface area contributed by atoms with Crippen LogP contribution in [0.3, 0.4) is 0 Å². The first-order valence-corrected chi connectivity index (χ1v) is 8.03. The Morgan fingerprint density at radius 2 is 2.29 bits per heavy atom. The molecular weight excluding hydrogens is 316 g/mol. The van der Waals surface area contributed by atoms with E-state index in [1.165, 1.54) is 6.20 Å². The zero-order valence-corrected chi connectivity index (χ0v) is 13.5. The Bertz CT molecular complexity index is 700. The second-order valence-corrected chi connectivity index (χ2v) is 6.67. The van der Waals surface area contributed by atoms with Gasteiger partial charge in [0.2, 0.25) is 11.7 Å². The van der Waals surface area contributed by atoms with Crippen molar-refractivity contribution in [2.45, 2.75) is 39.2 Å². The van der Waals surface area contributed by atoms with Crippen molar-refractivity contribution in [1.29, 1.82) is 0 Å². The number of imidazole rings is 1. The highest BCUT2D eigenvalue weighted by Gasteiger charge is 2.55. The molecule has 1 aliphatic carbocycles. The lowest BCUT2D eigenvalue weighted by Gasteiger charge is -2.23. The number of carboxylic acids is 1. The Hall–Kier alpha value is -2.45. The Balaban J connectivity index is 1.62. The third kappa shape index (κ3) is 2.63. The molecule has 2 heterocycles. The van der Waals surface area contributed by atoms with Crippen LogP contribution in [0.5, 0.6) is 0 Å². The van der Waals surface area contributed by atoms with Crippen LogP contribution in [0.15, 0.2) is 6.20 Å². The number of fused-ring (bicyclic) bond motifs is 1. The van der Waals surface area contributed by atoms with Crippen LogP contribution in [0, 0.1) is 28.4 Å². The third-order valence-electron chi connectivity index (χ3n) is 5.37. The SMILES string of the molecule is Cc1nc([N+](=O)[O-])cn1CCC(=O)N1C[C@@H]2CCC[C@@]2(C(=O)O)C1. The molecule has 1 amide bonds. The van der Waals surface area contributed by atoms with Crippen LogP contribution in [0.2, 0.25) is 0 Å². The van der Waals surface area contributed by atoms with Crippen LogP contribution in [-0.4, -0.2) is 49.4 Å². The van der Waals surface area contributed by atoms with E-state index in [0.717, 1.165) is 12.8 Å². The van der Waals surface area contributed by atoms with Gasteiger partial charge in [0.05, 0.1) is 5.41 Å². The number of carboxylic acid groups (broad SMARTS) is 1. The molecule has 9 nitrogen and oxygen atoms in total. The average molecular weight is 336 g/mol. The molecule has 2 fully saturated rings. The van der Waals surface area contributed by atoms with Crippen molar-refractivity contribution >= 4 is 17.7 Å². The maximum Gasteiger partial charge on any atom is 0.381 e. The number of nitrogens with zero attached hydrogens (tertiary/aromatic N) is 4. The Morgan fingerprint density at radius 1 is 1.54 bits per heavy atom. The minimum Gasteiger partial charge on any atom is -0.481 e. The fraction of sp³-hybridized carbons (Fsp3) is 0.667. The van der Waals surface area contributed by atoms with Gasteiger partial charge in [-0.3, -0.25) is 9.59 Å². The molecule has 0 spiro atoms. The van der Waals surface area contributed by atoms with Gasteiger partial charge in [0.15, 0.2) is 0 Å². The van der Waals surface area contributed by atoms with Gasteiger partial charge in [-0.1, -0.05) is 6.42 Å². The first kappa shape index (κ1) is 16.4. The summed E-state index contributed by atoms with van der Waals surface area (Å²) in [5, 5.41) is 20.3. The van der Waals surface area contributed by atoms with E-state index in [-0.39, 0.29) is 30.6 Å². The van der Waals surface area contributed by atoms with E-state index in [1.54, 1.807) is 16.4 Å². The highest BCUT2D eigenvalue weighted by molar-refractivity contribution is 5.81. The van der Waals surface area contributed by atoms with Gasteiger partial charge in [-0.2, -0.15) is 0 Å². The van der Waals surface area contributed by atoms with Gasteiger partial charge in [0, 0.05) is 33.0 Å². The molecule has 1 saturated carbocycles. The Morgan fingerprint density at radius 3 is 2.88 bits per heavy atom. The van der Waals surface area contributed by atoms with Crippen LogP contribution in [0.4, 0.5) is 5.82 Å². The summed E-state index contributed by atoms with van der Waals surface area (Å²) >= 11 is 0. The summed E-state index contributed by atoms with van der Waals surface area (Å²) in [5.41, 5.74) is -0.778. The summed E-state index contributed by atoms with van der Waals surface area (Å²) in [7, 11) is 0. The summed E-state index contributed by atoms with van der Waals surface area (Å²) in [4.78, 5) is 39.7. The standard InChI is InChI=1S/C15H20N4O5/c1-10-16-12(19(23)24)8-17(10)6-4-13(20)18-7-11-3-2-5-15(11,9-18)14(21)22/h8,11H,2-7,9H2,1H3,(H,21,22)/t11-,15+/m0/s1. The molecule has 0 unspecified atom stereocenters. The number of aromatic nitrogens is 2. The largest absolute Gasteiger partial charge is 0.481 e. The van der Waals surface area contributed by atoms with Crippen molar-refractivity contribution in [3.05, 3.63) is 22.1 Å². The summed E-state index contributed by atoms with van der Waals surface area (Å²) in [6.45, 7) is 2.72. The lowest BCUT2D eigenvalue weighted by molar-refractivity contribution is -0.389. The van der Waals surface area contributed by atoms with Gasteiger partial charge in [-0.05, 0) is 28.7 Å². The third-order valence-corrected chi connectivity index (χ3v) is 5.37. The Labute approximate surface area is 138 Å². The van der Waals surface area contributed by atoms with E-state index in [1.807, 2.05) is 0 Å². The summed E-state index contributed by atoms with van der Waals surface area (Å²) in [6.07, 6.45) is 3.88. The molecule has 0 aromatic carbocycles. The number of hydrogen-bond acceptors (Lipinski definition) is 5. The topological polar surface area (TPSA) is 119 Å². The van der Waals surface area contributed by atoms with Gasteiger partial charge in [0.25, 0.3) is 0 Å². The van der Waals surface area contributed by atoms with Crippen molar-refractivity contribution < 1.29 is 19.6 Å². The first-order chi connectivity index (χ1) is 11.3. The van der Waals surface area contributed by atoms with Crippen molar-refractivity contribution in [3.63, 3.8) is 0 Å². The van der Waals surface area contributed by atoms with E-state index in [4.69, 9.17) is 0 Å². The minimum atomic E-state index is -0.804. The number of likely N-dealkylation sites (tertiary alicyclic amines) is 1. The van der Waals surface area contributed by atoms with Crippen molar-refractivity contribution in [2.75, 3.05) is 13.1 Å². The monoisotopic (exact) mass is 336 g/mol. The number of aliphatic carboxylic acids is 1. The zero-order chi connectivity index (χ0) is 17.5. The lowest BCUT2D eigenvalue weighted by Crippen LogP contribution is -2.37. The quantitative estimate of drug-likeness (QED) is 0.637. The number of amides is 1. The van der Waals surface area contributed by atoms with E-state index in [2.05, 4.69) is 4.98 Å². The van der Waals surface area contributed by atoms with E-state index < -0.39 is 16.3 Å². The van der Waals surface area contributed by atoms with Crippen LogP contribution in [-0.2, 0) is 16.1 Å². The predicted octanol–water partition coefficient (Wildman–Crippen LogP) is 1.20. The van der Waals surface area contributed by atoms with Crippen molar-refractivity contribution in [1.82, 2.24) is 14.5 Å². The molecule has 0 radical (unpaired) electrons. The van der Waals surface area contributed by atoms with E-state index >= 15 is 0 Å². The highest BCUT2D eigenvalue weighted by Crippen LogP contribution is 2.48. The summed E-state index contributed by atoms with van der Waals surface area (Å²) < 4.78 is 1.58. The number of aryl methyl sites for hydroxylation is 2. The molecule has 130 valence electrons. The van der Waals surface area contributed by atoms with Crippen LogP contribution in [0.25, 0.3) is 0 Å². The minimum absolute atomic E-state index is 0.0371. The molecule has 1 aliphatic heterocycles. The van der Waals surface area contributed by atoms with Gasteiger partial charge in [0.1, 0.15) is 6.20 Å². The number of nitro groups is 1. The zero-order valence-electron chi connectivity index (χ0n) is 13.5. The molecular formula is C15H20N4O5. The fourth-order valence-electron chi connectivity index (χ4n) is 4.01. The molecule has 1 aromatic heterocycles. The van der Waals surface area contributed by atoms with Crippen molar-refractivity contribution in [3.8, 4) is 0 Å². The number of carbonyl (C=O) groups excluding carboxylic acids is 1. The molecule has 0 bridgehead atoms. The lowest BCUT2D eigenvalue weighted by atomic mass is 9.81. The molecule has 1 saturated heterocycles. The summed E-state index contributed by atoms with van der Waals surface area (Å²) in [6, 6.07) is 0. The molecule has 1 aromatic rings. The number of hydrogen-bond donors (Lipinski definition) is 1. The van der Waals surface area contributed by atoms with Crippen LogP contribution >= 0.6 is 0 Å². The van der Waals surface area contributed by atoms with Gasteiger partial charge in [-0.15, -0.1) is 0 Å². The van der Waals surface area contributed by atoms with Gasteiger partial charge < -0.3 is 24.7 Å². The summed E-state index contributed by atoms with van der Waals surface area (Å²) in [5.74, 6) is -0.632. The first-order valence-electron chi connectivity index (χ1n) is 8.03. The average Bonchev–Trinajstić information content (AvgIpc) is 3.16. The second kappa shape index (κ2) is 5.88. The maximum atomic E-state index is 12.4. The second-order valence-electron chi connectivity index (χ2n) is 6.67. The number of carbonyl (C=O) groups is 2. The van der Waals surface area contributed by atoms with E-state index in [0.29, 0.717) is 25.3 Å².